The monoisotopic (exact) mass is 202 g/mol. The predicted octanol–water partition coefficient (Wildman–Crippen LogP) is 4.04. The van der Waals surface area contributed by atoms with Crippen molar-refractivity contribution in [2.45, 2.75) is 31.5 Å². The number of hydrogen-bond donors (Lipinski definition) is 0. The van der Waals surface area contributed by atoms with Crippen molar-refractivity contribution in [2.24, 2.45) is 11.3 Å². The molecule has 0 aliphatic rings. The summed E-state index contributed by atoms with van der Waals surface area (Å²) in [5, 5.41) is 0. The van der Waals surface area contributed by atoms with Crippen LogP contribution in [0.4, 0.5) is 0 Å². The molecule has 0 spiro atoms. The third-order valence-corrected chi connectivity index (χ3v) is 2.77. The second-order valence-electron chi connectivity index (χ2n) is 3.63. The van der Waals surface area contributed by atoms with Crippen LogP contribution >= 0.6 is 34.8 Å². The third kappa shape index (κ3) is 3.32. The Bertz CT molecular complexity index is 93.0. The van der Waals surface area contributed by atoms with Gasteiger partial charge in [0.05, 0.1) is 0 Å². The Kier molecular flexibility index (Phi) is 3.35. The second-order valence-corrected chi connectivity index (χ2v) is 6.00. The molecule has 0 bridgehead atoms. The molecule has 0 amide bonds. The zero-order chi connectivity index (χ0) is 8.58. The van der Waals surface area contributed by atoms with Crippen LogP contribution in [-0.2, 0) is 0 Å². The van der Waals surface area contributed by atoms with Crippen LogP contribution in [0.15, 0.2) is 0 Å². The molecule has 62 valence electrons. The minimum Gasteiger partial charge on any atom is -0.0834 e. The van der Waals surface area contributed by atoms with Crippen molar-refractivity contribution in [3.8, 4) is 0 Å². The van der Waals surface area contributed by atoms with Crippen molar-refractivity contribution in [2.75, 3.05) is 0 Å². The zero-order valence-electron chi connectivity index (χ0n) is 6.71. The van der Waals surface area contributed by atoms with Gasteiger partial charge < -0.3 is 0 Å². The average Bonchev–Trinajstić information content (AvgIpc) is 1.59. The van der Waals surface area contributed by atoms with Gasteiger partial charge in [-0.1, -0.05) is 62.5 Å². The van der Waals surface area contributed by atoms with E-state index in [1.165, 1.54) is 0 Å². The van der Waals surface area contributed by atoms with Crippen molar-refractivity contribution in [3.63, 3.8) is 0 Å². The molecule has 10 heavy (non-hydrogen) atoms. The zero-order valence-corrected chi connectivity index (χ0v) is 8.98. The van der Waals surface area contributed by atoms with Gasteiger partial charge in [-0.15, -0.1) is 0 Å². The van der Waals surface area contributed by atoms with Crippen LogP contribution in [0.3, 0.4) is 0 Å². The summed E-state index contributed by atoms with van der Waals surface area (Å²) in [6, 6.07) is 0. The molecule has 0 aromatic heterocycles. The standard InChI is InChI=1S/C7H13Cl3/c1-5(6(2,3)4)7(8,9)10/h5H,1-4H3. The van der Waals surface area contributed by atoms with Crippen LogP contribution in [0.1, 0.15) is 27.7 Å². The lowest BCUT2D eigenvalue weighted by Gasteiger charge is -2.32. The van der Waals surface area contributed by atoms with E-state index >= 15 is 0 Å². The van der Waals surface area contributed by atoms with Crippen LogP contribution in [0.5, 0.6) is 0 Å². The van der Waals surface area contributed by atoms with E-state index in [0.717, 1.165) is 0 Å². The van der Waals surface area contributed by atoms with E-state index < -0.39 is 3.79 Å². The van der Waals surface area contributed by atoms with Crippen molar-refractivity contribution in [1.82, 2.24) is 0 Å². The van der Waals surface area contributed by atoms with Gasteiger partial charge in [0.2, 0.25) is 0 Å². The highest BCUT2D eigenvalue weighted by atomic mass is 35.6. The first-order chi connectivity index (χ1) is 4.15. The van der Waals surface area contributed by atoms with Crippen LogP contribution in [0, 0.1) is 11.3 Å². The lowest BCUT2D eigenvalue weighted by molar-refractivity contribution is 0.265. The molecule has 0 heterocycles. The Morgan fingerprint density at radius 2 is 1.30 bits per heavy atom. The van der Waals surface area contributed by atoms with Gasteiger partial charge >= 0.3 is 0 Å². The highest BCUT2D eigenvalue weighted by molar-refractivity contribution is 6.67. The van der Waals surface area contributed by atoms with E-state index in [2.05, 4.69) is 20.8 Å². The molecule has 0 aromatic carbocycles. The van der Waals surface area contributed by atoms with Crippen molar-refractivity contribution >= 4 is 34.8 Å². The summed E-state index contributed by atoms with van der Waals surface area (Å²) in [7, 11) is 0. The van der Waals surface area contributed by atoms with Gasteiger partial charge in [-0.25, -0.2) is 0 Å². The molecular formula is C7H13Cl3. The molecule has 1 unspecified atom stereocenters. The summed E-state index contributed by atoms with van der Waals surface area (Å²) in [6.45, 7) is 8.10. The lowest BCUT2D eigenvalue weighted by atomic mass is 9.83. The largest absolute Gasteiger partial charge is 0.193 e. The molecule has 0 aliphatic carbocycles. The fraction of sp³-hybridized carbons (Fsp3) is 1.00. The minimum atomic E-state index is -1.14. The minimum absolute atomic E-state index is 0.0469. The van der Waals surface area contributed by atoms with Crippen LogP contribution in [0.2, 0.25) is 0 Å². The summed E-state index contributed by atoms with van der Waals surface area (Å²) < 4.78 is -1.14. The molecule has 0 radical (unpaired) electrons. The molecule has 0 saturated carbocycles. The number of alkyl halides is 3. The number of hydrogen-bond acceptors (Lipinski definition) is 0. The van der Waals surface area contributed by atoms with Gasteiger partial charge in [0.1, 0.15) is 0 Å². The van der Waals surface area contributed by atoms with E-state index in [0.29, 0.717) is 0 Å². The summed E-state index contributed by atoms with van der Waals surface area (Å²) in [5.41, 5.74) is 0.0469. The van der Waals surface area contributed by atoms with Gasteiger partial charge in [-0.2, -0.15) is 0 Å². The normalized spacial score (nSPS) is 17.1. The van der Waals surface area contributed by atoms with Gasteiger partial charge in [-0.3, -0.25) is 0 Å². The first-order valence-electron chi connectivity index (χ1n) is 3.22. The SMILES string of the molecule is CC(C(C)(C)C)C(Cl)(Cl)Cl. The summed E-state index contributed by atoms with van der Waals surface area (Å²) >= 11 is 17.1. The molecule has 0 fully saturated rings. The molecule has 0 rings (SSSR count). The maximum absolute atomic E-state index is 5.70. The summed E-state index contributed by atoms with van der Waals surface area (Å²) in [5.74, 6) is 0.0602. The molecule has 0 saturated heterocycles. The van der Waals surface area contributed by atoms with Crippen LogP contribution < -0.4 is 0 Å². The highest BCUT2D eigenvalue weighted by Gasteiger charge is 2.36. The molecule has 1 atom stereocenters. The molecular weight excluding hydrogens is 190 g/mol. The van der Waals surface area contributed by atoms with Gasteiger partial charge in [0, 0.05) is 5.92 Å². The molecule has 0 nitrogen and oxygen atoms in total. The fourth-order valence-corrected chi connectivity index (χ4v) is 1.47. The fourth-order valence-electron chi connectivity index (χ4n) is 0.491. The van der Waals surface area contributed by atoms with E-state index in [4.69, 9.17) is 34.8 Å². The topological polar surface area (TPSA) is 0 Å². The number of halogens is 3. The van der Waals surface area contributed by atoms with Crippen molar-refractivity contribution in [3.05, 3.63) is 0 Å². The van der Waals surface area contributed by atoms with E-state index in [1.54, 1.807) is 0 Å². The summed E-state index contributed by atoms with van der Waals surface area (Å²) in [6.07, 6.45) is 0. The van der Waals surface area contributed by atoms with Gasteiger partial charge in [-0.05, 0) is 5.41 Å². The van der Waals surface area contributed by atoms with Gasteiger partial charge in [0.15, 0.2) is 3.79 Å². The second kappa shape index (κ2) is 3.08. The Balaban J connectivity index is 4.23. The maximum atomic E-state index is 5.70. The molecule has 0 aromatic rings. The first-order valence-corrected chi connectivity index (χ1v) is 4.36. The Hall–Kier alpha value is 0.870. The average molecular weight is 204 g/mol. The van der Waals surface area contributed by atoms with Crippen LogP contribution in [-0.4, -0.2) is 3.79 Å². The smallest absolute Gasteiger partial charge is 0.0834 e. The Morgan fingerprint density at radius 3 is 1.30 bits per heavy atom. The predicted molar refractivity (Wildman–Crippen MR) is 48.9 cm³/mol. The van der Waals surface area contributed by atoms with Crippen molar-refractivity contribution < 1.29 is 0 Å². The van der Waals surface area contributed by atoms with Crippen LogP contribution in [0.25, 0.3) is 0 Å². The van der Waals surface area contributed by atoms with E-state index in [1.807, 2.05) is 6.92 Å². The van der Waals surface area contributed by atoms with E-state index in [9.17, 15) is 0 Å². The lowest BCUT2D eigenvalue weighted by Crippen LogP contribution is -2.29. The Morgan fingerprint density at radius 1 is 1.00 bits per heavy atom. The first kappa shape index (κ1) is 10.9. The maximum Gasteiger partial charge on any atom is 0.193 e. The molecule has 0 aliphatic heterocycles. The van der Waals surface area contributed by atoms with E-state index in [-0.39, 0.29) is 11.3 Å². The molecule has 3 heteroatoms. The summed E-state index contributed by atoms with van der Waals surface area (Å²) in [4.78, 5) is 0. The molecule has 0 N–H and O–H groups in total. The van der Waals surface area contributed by atoms with Gasteiger partial charge in [0.25, 0.3) is 0 Å². The number of rotatable bonds is 0. The Labute approximate surface area is 77.8 Å². The quantitative estimate of drug-likeness (QED) is 0.521. The van der Waals surface area contributed by atoms with Crippen molar-refractivity contribution in [1.29, 1.82) is 0 Å². The third-order valence-electron chi connectivity index (χ3n) is 1.79. The highest BCUT2D eigenvalue weighted by Crippen LogP contribution is 2.44.